The third-order valence-corrected chi connectivity index (χ3v) is 4.86. The number of imidazole rings is 1. The minimum absolute atomic E-state index is 0.775. The van der Waals surface area contributed by atoms with E-state index < -0.39 is 0 Å². The SMILES string of the molecule is CC.CC.c1cc(-c2ccc(Oc3ccc4nc(CN5CCOCC5)cn4c3)cc2)[nH]n1. The zero-order valence-electron chi connectivity index (χ0n) is 19.4. The van der Waals surface area contributed by atoms with E-state index >= 15 is 0 Å². The predicted octanol–water partition coefficient (Wildman–Crippen LogP) is 5.40. The van der Waals surface area contributed by atoms with Crippen LogP contribution in [0.1, 0.15) is 33.4 Å². The van der Waals surface area contributed by atoms with Crippen LogP contribution >= 0.6 is 0 Å². The number of fused-ring (bicyclic) bond motifs is 1. The third-order valence-electron chi connectivity index (χ3n) is 4.86. The van der Waals surface area contributed by atoms with Crippen molar-refractivity contribution in [2.45, 2.75) is 34.2 Å². The molecule has 1 N–H and O–H groups in total. The standard InChI is InChI=1S/C21H21N5O2.2C2H6/c1-3-18(4-2-16(1)20-7-8-22-24-20)28-19-5-6-21-23-17(14-26(21)15-19)13-25-9-11-27-12-10-25;2*1-2/h1-8,14-15H,9-13H2,(H,22,24);2*1-2H3. The zero-order chi connectivity index (χ0) is 22.8. The maximum absolute atomic E-state index is 6.02. The van der Waals surface area contributed by atoms with Crippen LogP contribution in [-0.2, 0) is 11.3 Å². The molecule has 0 aliphatic carbocycles. The number of hydrogen-bond donors (Lipinski definition) is 1. The van der Waals surface area contributed by atoms with Crippen LogP contribution in [0.2, 0.25) is 0 Å². The summed E-state index contributed by atoms with van der Waals surface area (Å²) in [6.45, 7) is 12.3. The smallest absolute Gasteiger partial charge is 0.144 e. The lowest BCUT2D eigenvalue weighted by molar-refractivity contribution is 0.0337. The normalized spacial score (nSPS) is 13.6. The number of benzene rings is 1. The van der Waals surface area contributed by atoms with Gasteiger partial charge in [0.05, 0.1) is 30.8 Å². The highest BCUT2D eigenvalue weighted by Crippen LogP contribution is 2.25. The second-order valence-electron chi connectivity index (χ2n) is 6.85. The number of pyridine rings is 1. The number of morpholine rings is 1. The van der Waals surface area contributed by atoms with Crippen LogP contribution in [0, 0.1) is 0 Å². The Morgan fingerprint density at radius 1 is 0.906 bits per heavy atom. The zero-order valence-corrected chi connectivity index (χ0v) is 19.4. The first-order valence-corrected chi connectivity index (χ1v) is 11.4. The highest BCUT2D eigenvalue weighted by atomic mass is 16.5. The first kappa shape index (κ1) is 23.5. The van der Waals surface area contributed by atoms with E-state index in [2.05, 4.69) is 21.3 Å². The van der Waals surface area contributed by atoms with E-state index in [9.17, 15) is 0 Å². The molecule has 1 aliphatic rings. The highest BCUT2D eigenvalue weighted by molar-refractivity contribution is 5.59. The van der Waals surface area contributed by atoms with Crippen molar-refractivity contribution in [2.75, 3.05) is 26.3 Å². The Morgan fingerprint density at radius 3 is 2.31 bits per heavy atom. The first-order chi connectivity index (χ1) is 15.8. The number of rotatable bonds is 5. The van der Waals surface area contributed by atoms with Gasteiger partial charge in [-0.25, -0.2) is 4.98 Å². The Bertz CT molecular complexity index is 1050. The Hall–Kier alpha value is -3.16. The van der Waals surface area contributed by atoms with Crippen LogP contribution < -0.4 is 4.74 Å². The molecule has 0 spiro atoms. The van der Waals surface area contributed by atoms with Crippen molar-refractivity contribution in [3.05, 3.63) is 66.7 Å². The number of nitrogens with one attached hydrogen (secondary N) is 1. The summed E-state index contributed by atoms with van der Waals surface area (Å²) in [6, 6.07) is 13.8. The molecule has 4 heterocycles. The Morgan fingerprint density at radius 2 is 1.62 bits per heavy atom. The van der Waals surface area contributed by atoms with Gasteiger partial charge in [-0.05, 0) is 48.0 Å². The Balaban J connectivity index is 0.000000686. The second kappa shape index (κ2) is 12.0. The van der Waals surface area contributed by atoms with Gasteiger partial charge < -0.3 is 13.9 Å². The molecule has 0 bridgehead atoms. The molecule has 0 atom stereocenters. The van der Waals surface area contributed by atoms with Crippen molar-refractivity contribution in [2.24, 2.45) is 0 Å². The Labute approximate surface area is 190 Å². The molecular formula is C25H33N5O2. The van der Waals surface area contributed by atoms with Crippen molar-refractivity contribution < 1.29 is 9.47 Å². The number of aromatic nitrogens is 4. The van der Waals surface area contributed by atoms with Gasteiger partial charge in [-0.1, -0.05) is 27.7 Å². The van der Waals surface area contributed by atoms with Gasteiger partial charge in [-0.3, -0.25) is 10.00 Å². The number of H-pyrrole nitrogens is 1. The lowest BCUT2D eigenvalue weighted by Gasteiger charge is -2.25. The van der Waals surface area contributed by atoms with E-state index in [0.717, 1.165) is 66.9 Å². The number of ether oxygens (including phenoxy) is 2. The van der Waals surface area contributed by atoms with Crippen LogP contribution in [0.4, 0.5) is 0 Å². The molecule has 3 aromatic heterocycles. The molecule has 5 rings (SSSR count). The van der Waals surface area contributed by atoms with E-state index in [4.69, 9.17) is 14.5 Å². The second-order valence-corrected chi connectivity index (χ2v) is 6.85. The molecule has 4 aromatic rings. The first-order valence-electron chi connectivity index (χ1n) is 11.4. The lowest BCUT2D eigenvalue weighted by Crippen LogP contribution is -2.35. The van der Waals surface area contributed by atoms with Gasteiger partial charge in [-0.15, -0.1) is 0 Å². The van der Waals surface area contributed by atoms with E-state index in [-0.39, 0.29) is 0 Å². The maximum atomic E-state index is 6.02. The van der Waals surface area contributed by atoms with Gasteiger partial charge in [0, 0.05) is 32.0 Å². The van der Waals surface area contributed by atoms with Gasteiger partial charge in [0.25, 0.3) is 0 Å². The summed E-state index contributed by atoms with van der Waals surface area (Å²) in [5.74, 6) is 1.56. The fourth-order valence-corrected chi connectivity index (χ4v) is 3.40. The van der Waals surface area contributed by atoms with Gasteiger partial charge in [0.1, 0.15) is 17.1 Å². The molecule has 1 saturated heterocycles. The number of nitrogens with zero attached hydrogens (tertiary/aromatic N) is 4. The third kappa shape index (κ3) is 5.96. The maximum Gasteiger partial charge on any atom is 0.144 e. The van der Waals surface area contributed by atoms with Crippen molar-refractivity contribution in [3.63, 3.8) is 0 Å². The molecule has 1 aliphatic heterocycles. The van der Waals surface area contributed by atoms with E-state index in [1.807, 2.05) is 80.8 Å². The average Bonchev–Trinajstić information content (AvgIpc) is 3.53. The molecule has 7 heteroatoms. The molecule has 1 fully saturated rings. The molecular weight excluding hydrogens is 402 g/mol. The summed E-state index contributed by atoms with van der Waals surface area (Å²) in [5, 5.41) is 6.94. The molecule has 1 aromatic carbocycles. The van der Waals surface area contributed by atoms with Crippen LogP contribution in [-0.4, -0.2) is 50.8 Å². The summed E-state index contributed by atoms with van der Waals surface area (Å²) in [7, 11) is 0. The lowest BCUT2D eigenvalue weighted by atomic mass is 10.1. The molecule has 0 radical (unpaired) electrons. The average molecular weight is 436 g/mol. The predicted molar refractivity (Wildman–Crippen MR) is 128 cm³/mol. The Kier molecular flexibility index (Phi) is 8.83. The molecule has 7 nitrogen and oxygen atoms in total. The van der Waals surface area contributed by atoms with Crippen LogP contribution in [0.5, 0.6) is 11.5 Å². The van der Waals surface area contributed by atoms with Crippen molar-refractivity contribution >= 4 is 5.65 Å². The minimum Gasteiger partial charge on any atom is -0.456 e. The summed E-state index contributed by atoms with van der Waals surface area (Å²) < 4.78 is 13.4. The fourth-order valence-electron chi connectivity index (χ4n) is 3.40. The molecule has 0 amide bonds. The topological polar surface area (TPSA) is 67.7 Å². The summed E-state index contributed by atoms with van der Waals surface area (Å²) >= 11 is 0. The summed E-state index contributed by atoms with van der Waals surface area (Å²) in [6.07, 6.45) is 5.78. The van der Waals surface area contributed by atoms with E-state index in [1.54, 1.807) is 6.20 Å². The van der Waals surface area contributed by atoms with Gasteiger partial charge >= 0.3 is 0 Å². The largest absolute Gasteiger partial charge is 0.456 e. The molecule has 32 heavy (non-hydrogen) atoms. The fraction of sp³-hybridized carbons (Fsp3) is 0.360. The van der Waals surface area contributed by atoms with E-state index in [1.165, 1.54) is 0 Å². The van der Waals surface area contributed by atoms with Crippen molar-refractivity contribution in [1.82, 2.24) is 24.5 Å². The minimum atomic E-state index is 0.775. The van der Waals surface area contributed by atoms with Gasteiger partial charge in [0.15, 0.2) is 0 Å². The number of hydrogen-bond acceptors (Lipinski definition) is 5. The molecule has 170 valence electrons. The van der Waals surface area contributed by atoms with Crippen molar-refractivity contribution in [3.8, 4) is 22.8 Å². The summed E-state index contributed by atoms with van der Waals surface area (Å²) in [5.41, 5.74) is 4.04. The van der Waals surface area contributed by atoms with E-state index in [0.29, 0.717) is 0 Å². The quantitative estimate of drug-likeness (QED) is 0.454. The van der Waals surface area contributed by atoms with Gasteiger partial charge in [0.2, 0.25) is 0 Å². The molecule has 0 saturated carbocycles. The van der Waals surface area contributed by atoms with Crippen LogP contribution in [0.3, 0.4) is 0 Å². The van der Waals surface area contributed by atoms with Crippen LogP contribution in [0.15, 0.2) is 61.1 Å². The van der Waals surface area contributed by atoms with Gasteiger partial charge in [-0.2, -0.15) is 5.10 Å². The number of aromatic amines is 1. The van der Waals surface area contributed by atoms with Crippen molar-refractivity contribution in [1.29, 1.82) is 0 Å². The monoisotopic (exact) mass is 435 g/mol. The molecule has 0 unspecified atom stereocenters. The highest BCUT2D eigenvalue weighted by Gasteiger charge is 2.13. The summed E-state index contributed by atoms with van der Waals surface area (Å²) in [4.78, 5) is 7.08. The van der Waals surface area contributed by atoms with Crippen LogP contribution in [0.25, 0.3) is 16.9 Å².